The second-order valence-electron chi connectivity index (χ2n) is 9.89. The van der Waals surface area contributed by atoms with Crippen LogP contribution in [-0.2, 0) is 114 Å². The van der Waals surface area contributed by atoms with E-state index in [1.165, 1.54) is 35.1 Å². The van der Waals surface area contributed by atoms with Gasteiger partial charge in [0.1, 0.15) is 0 Å². The fourth-order valence-electron chi connectivity index (χ4n) is 3.38. The molecule has 4 aromatic carbocycles. The van der Waals surface area contributed by atoms with Crippen LogP contribution in [-0.4, -0.2) is 0 Å². The van der Waals surface area contributed by atoms with Gasteiger partial charge in [0.05, 0.1) is 24.3 Å². The quantitative estimate of drug-likeness (QED) is 0.0855. The third-order valence-corrected chi connectivity index (χ3v) is 6.67. The zero-order valence-corrected chi connectivity index (χ0v) is 32.7. The van der Waals surface area contributed by atoms with Crippen LogP contribution in [0.3, 0.4) is 0 Å². The van der Waals surface area contributed by atoms with Crippen molar-refractivity contribution in [3.05, 3.63) is 128 Å². The number of nitriles is 4. The summed E-state index contributed by atoms with van der Waals surface area (Å²) in [6.45, 7) is 8.97. The molecule has 2 radical (unpaired) electrons. The van der Waals surface area contributed by atoms with Crippen LogP contribution in [0, 0.1) is 57.2 Å². The van der Waals surface area contributed by atoms with Gasteiger partial charge in [-0.3, -0.25) is 0 Å². The van der Waals surface area contributed by atoms with Crippen molar-refractivity contribution in [2.75, 3.05) is 0 Å². The van der Waals surface area contributed by atoms with Gasteiger partial charge in [0.25, 0.3) is 0 Å². The first-order valence-electron chi connectivity index (χ1n) is 13.6. The van der Waals surface area contributed by atoms with Gasteiger partial charge in [-0.25, -0.2) is 24.3 Å². The molecule has 0 spiro atoms. The van der Waals surface area contributed by atoms with Gasteiger partial charge in [0, 0.05) is 0 Å². The summed E-state index contributed by atoms with van der Waals surface area (Å²) < 4.78 is 0. The Labute approximate surface area is 334 Å². The molecule has 47 heavy (non-hydrogen) atoms. The molecular weight excluding hydrogens is 787 g/mol. The summed E-state index contributed by atoms with van der Waals surface area (Å²) in [4.78, 5) is -0.435. The summed E-state index contributed by atoms with van der Waals surface area (Å²) in [5, 5.41) is 32.0. The van der Waals surface area contributed by atoms with Crippen LogP contribution in [0.4, 0.5) is 0 Å². The molecule has 0 amide bonds. The predicted octanol–water partition coefficient (Wildman–Crippen LogP) is 8.67. The molecule has 4 nitrogen and oxygen atoms in total. The normalized spacial score (nSPS) is 9.83. The SMILES string of the molecule is CC(C)C[c-]1cccc1.CC(C)Cc1ccc[cH-]1.N#C/C([S-])=C(/[S-])C#N.N#C/C([S-])=C(/[S-])C#N.[Fe+3].[Fe+3].[Ni+2].c1cc[c-](-[c-]2cccc2)c1. The van der Waals surface area contributed by atoms with Crippen LogP contribution in [0.25, 0.3) is 11.1 Å². The molecule has 0 aliphatic carbocycles. The third kappa shape index (κ3) is 26.0. The fraction of sp³-hybridized carbons (Fsp3) is 0.222. The van der Waals surface area contributed by atoms with Gasteiger partial charge in [-0.05, 0) is 12.3 Å². The van der Waals surface area contributed by atoms with Gasteiger partial charge in [0.15, 0.2) is 0 Å². The van der Waals surface area contributed by atoms with Crippen LogP contribution >= 0.6 is 0 Å². The van der Waals surface area contributed by atoms with E-state index in [1.54, 1.807) is 24.3 Å². The number of allylic oxidation sites excluding steroid dienone is 4. The molecule has 0 atom stereocenters. The molecule has 0 saturated carbocycles. The molecule has 0 unspecified atom stereocenters. The van der Waals surface area contributed by atoms with Crippen molar-refractivity contribution in [1.29, 1.82) is 21.0 Å². The van der Waals surface area contributed by atoms with Gasteiger partial charge < -0.3 is 50.5 Å². The topological polar surface area (TPSA) is 95.2 Å². The Hall–Kier alpha value is -2.75. The average molecular weight is 821 g/mol. The number of hydrogen-bond donors (Lipinski definition) is 0. The Morgan fingerprint density at radius 1 is 0.617 bits per heavy atom. The Balaban J connectivity index is -0.000000243. The molecule has 0 bridgehead atoms. The van der Waals surface area contributed by atoms with E-state index >= 15 is 0 Å². The first kappa shape index (κ1) is 51.1. The van der Waals surface area contributed by atoms with Crippen molar-refractivity contribution in [3.8, 4) is 35.4 Å². The van der Waals surface area contributed by atoms with Gasteiger partial charge in [0.2, 0.25) is 0 Å². The van der Waals surface area contributed by atoms with E-state index < -0.39 is 0 Å². The first-order valence-corrected chi connectivity index (χ1v) is 15.2. The Morgan fingerprint density at radius 3 is 1.21 bits per heavy atom. The van der Waals surface area contributed by atoms with Crippen molar-refractivity contribution in [2.45, 2.75) is 40.5 Å². The first-order chi connectivity index (χ1) is 21.0. The monoisotopic (exact) mass is 820 g/mol. The summed E-state index contributed by atoms with van der Waals surface area (Å²) in [6.07, 6.45) is 2.43. The van der Waals surface area contributed by atoms with Crippen molar-refractivity contribution in [1.82, 2.24) is 0 Å². The smallest absolute Gasteiger partial charge is 0.770 e. The second kappa shape index (κ2) is 31.8. The van der Waals surface area contributed by atoms with E-state index in [0.717, 1.165) is 11.8 Å². The van der Waals surface area contributed by atoms with Crippen molar-refractivity contribution in [2.24, 2.45) is 11.8 Å². The summed E-state index contributed by atoms with van der Waals surface area (Å²) in [5.74, 6) is 1.57. The zero-order chi connectivity index (χ0) is 33.3. The van der Waals surface area contributed by atoms with Crippen molar-refractivity contribution < 1.29 is 50.6 Å². The van der Waals surface area contributed by atoms with E-state index in [1.807, 2.05) is 0 Å². The maximum atomic E-state index is 8.01. The summed E-state index contributed by atoms with van der Waals surface area (Å²) in [6, 6.07) is 40.1. The minimum absolute atomic E-state index is 0. The predicted molar refractivity (Wildman–Crippen MR) is 190 cm³/mol. The van der Waals surface area contributed by atoms with Crippen LogP contribution < -0.4 is 0 Å². The number of nitrogens with zero attached hydrogens (tertiary/aromatic N) is 4. The minimum Gasteiger partial charge on any atom is -0.770 e. The van der Waals surface area contributed by atoms with Gasteiger partial charge in [-0.2, -0.15) is 116 Å². The minimum atomic E-state index is -0.109. The molecule has 0 fully saturated rings. The van der Waals surface area contributed by atoms with Gasteiger partial charge >= 0.3 is 50.6 Å². The maximum absolute atomic E-state index is 8.01. The Kier molecular flexibility index (Phi) is 34.6. The van der Waals surface area contributed by atoms with Crippen LogP contribution in [0.15, 0.2) is 117 Å². The zero-order valence-electron chi connectivity index (χ0n) is 26.3. The van der Waals surface area contributed by atoms with Crippen LogP contribution in [0.2, 0.25) is 0 Å². The van der Waals surface area contributed by atoms with Crippen LogP contribution in [0.5, 0.6) is 0 Å². The number of rotatable bonds is 5. The largest absolute Gasteiger partial charge is 3.00 e. The third-order valence-electron chi connectivity index (χ3n) is 5.23. The maximum Gasteiger partial charge on any atom is 3.00 e. The molecule has 0 aliphatic heterocycles. The molecule has 4 rings (SSSR count). The standard InChI is InChI=1S/C10H8.2C9H13.2C4H2N2S2.2Fe.Ni/c1-2-6-9(5-1)10-7-3-4-8-10;2*1-8(2)7-9-5-3-4-6-9;2*5-1-3(7)4(8)2-6;;;/h1-8H;2*3-6,8H,7H2,1-2H3;2*7-8H;;;/q-2;2*-1;;;2*+3;+2/p-4/b;;;2*4-3-;;;. The summed E-state index contributed by atoms with van der Waals surface area (Å²) in [5.41, 5.74) is 5.55. The molecule has 0 aliphatic rings. The van der Waals surface area contributed by atoms with E-state index in [4.69, 9.17) is 21.0 Å². The van der Waals surface area contributed by atoms with E-state index in [9.17, 15) is 0 Å². The average Bonchev–Trinajstić information content (AvgIpc) is 3.84. The number of hydrogen-bond acceptors (Lipinski definition) is 8. The Morgan fingerprint density at radius 2 is 0.957 bits per heavy atom. The second-order valence-corrected chi connectivity index (χ2v) is 11.5. The van der Waals surface area contributed by atoms with Crippen molar-refractivity contribution >= 4 is 50.5 Å². The Bertz CT molecular complexity index is 1370. The van der Waals surface area contributed by atoms with Crippen molar-refractivity contribution in [3.63, 3.8) is 0 Å². The van der Waals surface area contributed by atoms with Crippen LogP contribution in [0.1, 0.15) is 38.8 Å². The molecule has 0 heterocycles. The van der Waals surface area contributed by atoms with E-state index in [2.05, 4.69) is 175 Å². The molecule has 0 aromatic heterocycles. The van der Waals surface area contributed by atoms with Gasteiger partial charge in [-0.1, -0.05) is 40.0 Å². The van der Waals surface area contributed by atoms with E-state index in [-0.39, 0.29) is 70.2 Å². The molecule has 248 valence electrons. The molecule has 11 heteroatoms. The summed E-state index contributed by atoms with van der Waals surface area (Å²) >= 11 is 17.4. The van der Waals surface area contributed by atoms with E-state index in [0.29, 0.717) is 0 Å². The molecule has 4 aromatic rings. The molecule has 0 N–H and O–H groups in total. The van der Waals surface area contributed by atoms with Gasteiger partial charge in [-0.15, -0.1) is 19.6 Å². The summed E-state index contributed by atoms with van der Waals surface area (Å²) in [7, 11) is 0. The molecular formula is C36H34Fe2N4NiS4. The molecule has 0 saturated heterocycles. The fourth-order valence-corrected chi connectivity index (χ4v) is 3.56.